The lowest BCUT2D eigenvalue weighted by Crippen LogP contribution is -2.59. The topological polar surface area (TPSA) is 93.0 Å². The third-order valence-electron chi connectivity index (χ3n) is 4.11. The number of carbonyl (C=O) groups is 2. The minimum absolute atomic E-state index is 0.0290. The van der Waals surface area contributed by atoms with E-state index in [1.54, 1.807) is 9.58 Å². The van der Waals surface area contributed by atoms with E-state index in [1.165, 1.54) is 6.33 Å². The van der Waals surface area contributed by atoms with Crippen LogP contribution in [0.5, 0.6) is 0 Å². The van der Waals surface area contributed by atoms with Gasteiger partial charge in [0, 0.05) is 13.1 Å². The van der Waals surface area contributed by atoms with E-state index >= 15 is 0 Å². The first-order chi connectivity index (χ1) is 11.6. The monoisotopic (exact) mass is 328 g/mol. The Labute approximate surface area is 139 Å². The summed E-state index contributed by atoms with van der Waals surface area (Å²) in [5.74, 6) is -0.0196. The Kier molecular flexibility index (Phi) is 4.54. The van der Waals surface area contributed by atoms with Crippen LogP contribution in [-0.2, 0) is 16.0 Å². The van der Waals surface area contributed by atoms with Crippen molar-refractivity contribution in [2.24, 2.45) is 5.92 Å². The fourth-order valence-electron chi connectivity index (χ4n) is 2.95. The molecule has 1 N–H and O–H groups in total. The van der Waals surface area contributed by atoms with E-state index in [9.17, 15) is 9.59 Å². The molecule has 1 aliphatic heterocycles. The maximum absolute atomic E-state index is 12.6. The van der Waals surface area contributed by atoms with Crippen molar-refractivity contribution >= 4 is 11.8 Å². The standard InChI is InChI=1S/C16H20N6O2/c1-11(2)15-16(24)17-7-8-21(15)14(23)9-12-3-5-13(6-4-12)22-10-18-19-20-22/h3-6,10-11,15H,7-9H2,1-2H3,(H,17,24)/t15-/m1/s1. The molecule has 1 atom stereocenters. The first kappa shape index (κ1) is 16.1. The van der Waals surface area contributed by atoms with Crippen LogP contribution in [0.15, 0.2) is 30.6 Å². The molecule has 1 saturated heterocycles. The predicted molar refractivity (Wildman–Crippen MR) is 86.2 cm³/mol. The predicted octanol–water partition coefficient (Wildman–Crippen LogP) is 0.188. The number of nitrogens with zero attached hydrogens (tertiary/aromatic N) is 5. The van der Waals surface area contributed by atoms with Gasteiger partial charge in [0.1, 0.15) is 12.4 Å². The minimum atomic E-state index is -0.397. The van der Waals surface area contributed by atoms with E-state index < -0.39 is 6.04 Å². The van der Waals surface area contributed by atoms with Gasteiger partial charge in [-0.15, -0.1) is 5.10 Å². The molecule has 0 radical (unpaired) electrons. The van der Waals surface area contributed by atoms with Crippen LogP contribution in [0.3, 0.4) is 0 Å². The van der Waals surface area contributed by atoms with Crippen LogP contribution < -0.4 is 5.32 Å². The fourth-order valence-corrected chi connectivity index (χ4v) is 2.95. The summed E-state index contributed by atoms with van der Waals surface area (Å²) in [4.78, 5) is 26.4. The molecule has 2 amide bonds. The third-order valence-corrected chi connectivity index (χ3v) is 4.11. The van der Waals surface area contributed by atoms with E-state index in [2.05, 4.69) is 20.8 Å². The summed E-state index contributed by atoms with van der Waals surface area (Å²) in [6.07, 6.45) is 1.78. The lowest BCUT2D eigenvalue weighted by molar-refractivity contribution is -0.144. The number of piperazine rings is 1. The van der Waals surface area contributed by atoms with E-state index in [4.69, 9.17) is 0 Å². The van der Waals surface area contributed by atoms with Crippen LogP contribution in [-0.4, -0.2) is 56.1 Å². The van der Waals surface area contributed by atoms with Crippen molar-refractivity contribution in [3.63, 3.8) is 0 Å². The molecule has 0 spiro atoms. The average molecular weight is 328 g/mol. The zero-order valence-electron chi connectivity index (χ0n) is 13.7. The van der Waals surface area contributed by atoms with Gasteiger partial charge in [0.05, 0.1) is 12.1 Å². The lowest BCUT2D eigenvalue weighted by atomic mass is 9.98. The van der Waals surface area contributed by atoms with Crippen LogP contribution in [0.2, 0.25) is 0 Å². The second kappa shape index (κ2) is 6.77. The molecule has 1 fully saturated rings. The van der Waals surface area contributed by atoms with Gasteiger partial charge in [0.2, 0.25) is 11.8 Å². The highest BCUT2D eigenvalue weighted by Gasteiger charge is 2.34. The molecule has 0 saturated carbocycles. The molecule has 0 bridgehead atoms. The highest BCUT2D eigenvalue weighted by atomic mass is 16.2. The van der Waals surface area contributed by atoms with Crippen molar-refractivity contribution in [1.29, 1.82) is 0 Å². The van der Waals surface area contributed by atoms with Crippen LogP contribution in [0.1, 0.15) is 19.4 Å². The lowest BCUT2D eigenvalue weighted by Gasteiger charge is -2.37. The maximum Gasteiger partial charge on any atom is 0.243 e. The maximum atomic E-state index is 12.6. The molecule has 0 aliphatic carbocycles. The highest BCUT2D eigenvalue weighted by Crippen LogP contribution is 2.16. The van der Waals surface area contributed by atoms with Gasteiger partial charge in [0.25, 0.3) is 0 Å². The second-order valence-corrected chi connectivity index (χ2v) is 6.16. The summed E-state index contributed by atoms with van der Waals surface area (Å²) in [7, 11) is 0. The van der Waals surface area contributed by atoms with Crippen LogP contribution >= 0.6 is 0 Å². The number of aromatic nitrogens is 4. The van der Waals surface area contributed by atoms with Gasteiger partial charge in [-0.1, -0.05) is 26.0 Å². The number of amides is 2. The van der Waals surface area contributed by atoms with Crippen LogP contribution in [0.4, 0.5) is 0 Å². The number of benzene rings is 1. The quantitative estimate of drug-likeness (QED) is 0.865. The number of hydrogen-bond donors (Lipinski definition) is 1. The molecular weight excluding hydrogens is 308 g/mol. The Bertz CT molecular complexity index is 711. The zero-order chi connectivity index (χ0) is 17.1. The minimum Gasteiger partial charge on any atom is -0.353 e. The Morgan fingerprint density at radius 2 is 2.08 bits per heavy atom. The molecule has 24 heavy (non-hydrogen) atoms. The second-order valence-electron chi connectivity index (χ2n) is 6.16. The Hall–Kier alpha value is -2.77. The van der Waals surface area contributed by atoms with Gasteiger partial charge < -0.3 is 10.2 Å². The molecular formula is C16H20N6O2. The third kappa shape index (κ3) is 3.27. The molecule has 3 rings (SSSR count). The van der Waals surface area contributed by atoms with E-state index in [0.717, 1.165) is 11.3 Å². The highest BCUT2D eigenvalue weighted by molar-refractivity contribution is 5.89. The molecule has 8 heteroatoms. The molecule has 0 unspecified atom stereocenters. The summed E-state index contributed by atoms with van der Waals surface area (Å²) < 4.78 is 1.55. The summed E-state index contributed by atoms with van der Waals surface area (Å²) in [5, 5.41) is 13.8. The molecule has 1 aromatic carbocycles. The van der Waals surface area contributed by atoms with Crippen molar-refractivity contribution in [2.75, 3.05) is 13.1 Å². The summed E-state index contributed by atoms with van der Waals surface area (Å²) in [6, 6.07) is 7.09. The number of carbonyl (C=O) groups excluding carboxylic acids is 2. The SMILES string of the molecule is CC(C)[C@@H]1C(=O)NCCN1C(=O)Cc1ccc(-n2cnnn2)cc1. The number of tetrazole rings is 1. The largest absolute Gasteiger partial charge is 0.353 e. The normalized spacial score (nSPS) is 17.9. The van der Waals surface area contributed by atoms with Crippen molar-refractivity contribution in [2.45, 2.75) is 26.3 Å². The van der Waals surface area contributed by atoms with E-state index in [-0.39, 0.29) is 24.2 Å². The summed E-state index contributed by atoms with van der Waals surface area (Å²) in [5.41, 5.74) is 1.72. The van der Waals surface area contributed by atoms with Gasteiger partial charge in [-0.25, -0.2) is 4.68 Å². The number of hydrogen-bond acceptors (Lipinski definition) is 5. The van der Waals surface area contributed by atoms with Gasteiger partial charge in [-0.2, -0.15) is 0 Å². The summed E-state index contributed by atoms with van der Waals surface area (Å²) in [6.45, 7) is 4.97. The first-order valence-electron chi connectivity index (χ1n) is 7.96. The van der Waals surface area contributed by atoms with Gasteiger partial charge in [0.15, 0.2) is 0 Å². The molecule has 1 aliphatic rings. The van der Waals surface area contributed by atoms with E-state index in [1.807, 2.05) is 38.1 Å². The molecule has 8 nitrogen and oxygen atoms in total. The number of rotatable bonds is 4. The van der Waals surface area contributed by atoms with Gasteiger partial charge >= 0.3 is 0 Å². The Morgan fingerprint density at radius 3 is 2.71 bits per heavy atom. The van der Waals surface area contributed by atoms with Crippen molar-refractivity contribution in [3.8, 4) is 5.69 Å². The van der Waals surface area contributed by atoms with E-state index in [0.29, 0.717) is 13.1 Å². The fraction of sp³-hybridized carbons (Fsp3) is 0.438. The van der Waals surface area contributed by atoms with Crippen molar-refractivity contribution in [1.82, 2.24) is 30.4 Å². The first-order valence-corrected chi connectivity index (χ1v) is 7.96. The smallest absolute Gasteiger partial charge is 0.243 e. The Balaban J connectivity index is 1.70. The summed E-state index contributed by atoms with van der Waals surface area (Å²) >= 11 is 0. The molecule has 1 aromatic heterocycles. The Morgan fingerprint density at radius 1 is 1.33 bits per heavy atom. The van der Waals surface area contributed by atoms with Gasteiger partial charge in [-0.05, 0) is 34.0 Å². The zero-order valence-corrected chi connectivity index (χ0v) is 13.7. The number of nitrogens with one attached hydrogen (secondary N) is 1. The average Bonchev–Trinajstić information content (AvgIpc) is 3.09. The van der Waals surface area contributed by atoms with Crippen LogP contribution in [0, 0.1) is 5.92 Å². The van der Waals surface area contributed by atoms with Crippen molar-refractivity contribution < 1.29 is 9.59 Å². The van der Waals surface area contributed by atoms with Crippen LogP contribution in [0.25, 0.3) is 5.69 Å². The van der Waals surface area contributed by atoms with Gasteiger partial charge in [-0.3, -0.25) is 9.59 Å². The molecule has 2 heterocycles. The molecule has 2 aromatic rings. The van der Waals surface area contributed by atoms with Crippen molar-refractivity contribution in [3.05, 3.63) is 36.2 Å². The molecule has 126 valence electrons.